The molecule has 1 saturated heterocycles. The number of thioether (sulfide) groups is 1. The van der Waals surface area contributed by atoms with Crippen molar-refractivity contribution in [3.05, 3.63) is 66.9 Å². The number of carbonyl (C=O) groups is 2. The van der Waals surface area contributed by atoms with Crippen LogP contribution in [0.1, 0.15) is 5.56 Å². The molecular weight excluding hydrogens is 568 g/mol. The molecule has 0 spiro atoms. The van der Waals surface area contributed by atoms with Crippen LogP contribution in [0.15, 0.2) is 61.2 Å². The van der Waals surface area contributed by atoms with Gasteiger partial charge in [-0.3, -0.25) is 14.5 Å². The zero-order valence-corrected chi connectivity index (χ0v) is 20.1. The highest BCUT2D eigenvalue weighted by molar-refractivity contribution is 9.11. The molecule has 0 saturated carbocycles. The minimum atomic E-state index is -3.82. The summed E-state index contributed by atoms with van der Waals surface area (Å²) < 4.78 is 28.4. The Hall–Kier alpha value is -1.17. The summed E-state index contributed by atoms with van der Waals surface area (Å²) in [5.41, 5.74) is 0.736. The van der Waals surface area contributed by atoms with E-state index < -0.39 is 21.2 Å². The summed E-state index contributed by atoms with van der Waals surface area (Å²) in [6.07, 6.45) is 1.60. The van der Waals surface area contributed by atoms with E-state index in [2.05, 4.69) is 36.6 Å². The van der Waals surface area contributed by atoms with Crippen molar-refractivity contribution < 1.29 is 18.0 Å². The van der Waals surface area contributed by atoms with Crippen molar-refractivity contribution in [1.82, 2.24) is 9.62 Å². The first kappa shape index (κ1) is 22.5. The maximum Gasteiger partial charge on any atom is 0.293 e. The van der Waals surface area contributed by atoms with Gasteiger partial charge >= 0.3 is 0 Å². The van der Waals surface area contributed by atoms with E-state index in [0.29, 0.717) is 14.0 Å². The molecule has 1 fully saturated rings. The molecule has 1 aliphatic heterocycles. The van der Waals surface area contributed by atoms with Crippen molar-refractivity contribution in [2.24, 2.45) is 0 Å². The third-order valence-corrected chi connectivity index (χ3v) is 7.96. The Morgan fingerprint density at radius 1 is 1.10 bits per heavy atom. The highest BCUT2D eigenvalue weighted by Gasteiger charge is 2.34. The van der Waals surface area contributed by atoms with Gasteiger partial charge in [0.25, 0.3) is 11.1 Å². The number of halogens is 3. The summed E-state index contributed by atoms with van der Waals surface area (Å²) >= 11 is 13.1. The minimum Gasteiger partial charge on any atom is -0.268 e. The van der Waals surface area contributed by atoms with Crippen molar-refractivity contribution in [1.29, 1.82) is 0 Å². The van der Waals surface area contributed by atoms with Crippen LogP contribution in [0.2, 0.25) is 5.02 Å². The molecule has 2 aromatic rings. The smallest absolute Gasteiger partial charge is 0.268 e. The number of nitrogens with zero attached hydrogens (tertiary/aromatic N) is 1. The first-order valence-corrected chi connectivity index (χ1v) is 12.4. The first-order chi connectivity index (χ1) is 13.7. The van der Waals surface area contributed by atoms with Gasteiger partial charge in [-0.1, -0.05) is 39.7 Å². The molecule has 0 aliphatic carbocycles. The monoisotopic (exact) mass is 578 g/mol. The molecule has 11 heteroatoms. The summed E-state index contributed by atoms with van der Waals surface area (Å²) in [5.74, 6) is -0.460. The topological polar surface area (TPSA) is 83.6 Å². The van der Waals surface area contributed by atoms with Gasteiger partial charge in [-0.2, -0.15) is 0 Å². The van der Waals surface area contributed by atoms with E-state index in [1.807, 2.05) is 0 Å². The van der Waals surface area contributed by atoms with E-state index in [1.165, 1.54) is 6.07 Å². The standard InChI is InChI=1S/C18H13Br2ClN2O4S2/c19-12-3-6-14(20)16(10-12)29(26,27)22-7-8-23-17(24)15(28-18(23)25)9-11-1-4-13(21)5-2-11/h1-6,9-10,22H,7-8H2. The average Bonchev–Trinajstić information content (AvgIpc) is 2.92. The van der Waals surface area contributed by atoms with E-state index >= 15 is 0 Å². The summed E-state index contributed by atoms with van der Waals surface area (Å²) in [6.45, 7) is -0.180. The van der Waals surface area contributed by atoms with Gasteiger partial charge in [0.2, 0.25) is 10.0 Å². The lowest BCUT2D eigenvalue weighted by Gasteiger charge is -2.14. The lowest BCUT2D eigenvalue weighted by Crippen LogP contribution is -2.37. The van der Waals surface area contributed by atoms with E-state index in [-0.39, 0.29) is 22.9 Å². The summed E-state index contributed by atoms with van der Waals surface area (Å²) in [4.78, 5) is 26.0. The van der Waals surface area contributed by atoms with Crippen molar-refractivity contribution in [2.75, 3.05) is 13.1 Å². The van der Waals surface area contributed by atoms with Crippen LogP contribution in [0.4, 0.5) is 4.79 Å². The van der Waals surface area contributed by atoms with Crippen molar-refractivity contribution in [3.63, 3.8) is 0 Å². The molecule has 1 N–H and O–H groups in total. The van der Waals surface area contributed by atoms with Gasteiger partial charge in [0, 0.05) is 27.1 Å². The molecule has 3 rings (SSSR count). The third kappa shape index (κ3) is 5.50. The fourth-order valence-corrected chi connectivity index (χ4v) is 5.97. The molecule has 1 aliphatic rings. The Morgan fingerprint density at radius 3 is 2.48 bits per heavy atom. The van der Waals surface area contributed by atoms with Crippen molar-refractivity contribution in [2.45, 2.75) is 4.90 Å². The van der Waals surface area contributed by atoms with E-state index in [0.717, 1.165) is 22.2 Å². The van der Waals surface area contributed by atoms with Gasteiger partial charge in [-0.05, 0) is 69.7 Å². The Kier molecular flexibility index (Phi) is 7.23. The van der Waals surface area contributed by atoms with Crippen LogP contribution >= 0.6 is 55.2 Å². The fourth-order valence-electron chi connectivity index (χ4n) is 2.46. The number of nitrogens with one attached hydrogen (secondary N) is 1. The maximum atomic E-state index is 12.5. The van der Waals surface area contributed by atoms with Crippen LogP contribution in [-0.2, 0) is 14.8 Å². The number of benzene rings is 2. The molecule has 0 unspecified atom stereocenters. The van der Waals surface area contributed by atoms with Gasteiger partial charge in [-0.15, -0.1) is 0 Å². The molecular formula is C18H13Br2ClN2O4S2. The normalized spacial score (nSPS) is 16.1. The zero-order valence-electron chi connectivity index (χ0n) is 14.6. The Balaban J connectivity index is 1.66. The second-order valence-corrected chi connectivity index (χ2v) is 10.8. The van der Waals surface area contributed by atoms with Crippen LogP contribution in [0.5, 0.6) is 0 Å². The molecule has 2 aromatic carbocycles. The zero-order chi connectivity index (χ0) is 21.2. The van der Waals surface area contributed by atoms with Crippen LogP contribution < -0.4 is 4.72 Å². The molecule has 6 nitrogen and oxygen atoms in total. The van der Waals surface area contributed by atoms with Gasteiger partial charge < -0.3 is 0 Å². The quantitative estimate of drug-likeness (QED) is 0.493. The molecule has 0 atom stereocenters. The number of rotatable bonds is 6. The molecule has 2 amide bonds. The molecule has 152 valence electrons. The summed E-state index contributed by atoms with van der Waals surface area (Å²) in [5, 5.41) is 0.123. The lowest BCUT2D eigenvalue weighted by molar-refractivity contribution is -0.122. The highest BCUT2D eigenvalue weighted by atomic mass is 79.9. The van der Waals surface area contributed by atoms with Crippen molar-refractivity contribution >= 4 is 82.5 Å². The summed E-state index contributed by atoms with van der Waals surface area (Å²) in [7, 11) is -3.82. The number of sulfonamides is 1. The van der Waals surface area contributed by atoms with Crippen LogP contribution in [0.25, 0.3) is 6.08 Å². The Morgan fingerprint density at radius 2 is 1.79 bits per heavy atom. The van der Waals surface area contributed by atoms with Crippen LogP contribution in [0.3, 0.4) is 0 Å². The third-order valence-electron chi connectivity index (χ3n) is 3.85. The molecule has 0 radical (unpaired) electrons. The Labute approximate surface area is 194 Å². The molecule has 0 bridgehead atoms. The van der Waals surface area contributed by atoms with Crippen molar-refractivity contribution in [3.8, 4) is 0 Å². The number of hydrogen-bond acceptors (Lipinski definition) is 5. The van der Waals surface area contributed by atoms with E-state index in [9.17, 15) is 18.0 Å². The lowest BCUT2D eigenvalue weighted by atomic mass is 10.2. The molecule has 29 heavy (non-hydrogen) atoms. The largest absolute Gasteiger partial charge is 0.293 e. The van der Waals surface area contributed by atoms with Gasteiger partial charge in [-0.25, -0.2) is 13.1 Å². The molecule has 1 heterocycles. The van der Waals surface area contributed by atoms with Gasteiger partial charge in [0.05, 0.1) is 9.80 Å². The van der Waals surface area contributed by atoms with Crippen LogP contribution in [-0.4, -0.2) is 37.6 Å². The fraction of sp³-hybridized carbons (Fsp3) is 0.111. The first-order valence-electron chi connectivity index (χ1n) is 8.13. The number of amides is 2. The SMILES string of the molecule is O=C1SC(=Cc2ccc(Cl)cc2)C(=O)N1CCNS(=O)(=O)c1cc(Br)ccc1Br. The van der Waals surface area contributed by atoms with E-state index in [1.54, 1.807) is 42.5 Å². The number of carbonyl (C=O) groups excluding carboxylic acids is 2. The number of imide groups is 1. The van der Waals surface area contributed by atoms with Gasteiger partial charge in [0.1, 0.15) is 0 Å². The maximum absolute atomic E-state index is 12.5. The minimum absolute atomic E-state index is 0.0589. The van der Waals surface area contributed by atoms with E-state index in [4.69, 9.17) is 11.6 Å². The second-order valence-electron chi connectivity index (χ2n) is 5.86. The molecule has 0 aromatic heterocycles. The Bertz CT molecular complexity index is 1110. The summed E-state index contributed by atoms with van der Waals surface area (Å²) in [6, 6.07) is 11.6. The second kappa shape index (κ2) is 9.32. The average molecular weight is 581 g/mol. The predicted octanol–water partition coefficient (Wildman–Crippen LogP) is 4.88. The number of hydrogen-bond donors (Lipinski definition) is 1. The predicted molar refractivity (Wildman–Crippen MR) is 121 cm³/mol. The highest BCUT2D eigenvalue weighted by Crippen LogP contribution is 2.32. The van der Waals surface area contributed by atoms with Crippen LogP contribution in [0, 0.1) is 0 Å². The van der Waals surface area contributed by atoms with Gasteiger partial charge in [0.15, 0.2) is 0 Å².